The van der Waals surface area contributed by atoms with Crippen molar-refractivity contribution < 1.29 is 0 Å². The summed E-state index contributed by atoms with van der Waals surface area (Å²) < 4.78 is 0. The van der Waals surface area contributed by atoms with Crippen LogP contribution < -0.4 is 17.2 Å². The van der Waals surface area contributed by atoms with Crippen LogP contribution in [-0.4, -0.2) is 19.9 Å². The molecule has 8 N–H and O–H groups in total. The lowest BCUT2D eigenvalue weighted by Gasteiger charge is -2.09. The summed E-state index contributed by atoms with van der Waals surface area (Å²) in [4.78, 5) is 18.4. The lowest BCUT2D eigenvalue weighted by Crippen LogP contribution is -1.93. The van der Waals surface area contributed by atoms with E-state index in [-0.39, 0.29) is 0 Å². The van der Waals surface area contributed by atoms with Crippen molar-refractivity contribution in [2.45, 2.75) is 27.7 Å². The number of aromatic amines is 2. The van der Waals surface area contributed by atoms with Gasteiger partial charge in [-0.05, 0) is 133 Å². The molecule has 2 aliphatic heterocycles. The van der Waals surface area contributed by atoms with E-state index >= 15 is 0 Å². The summed E-state index contributed by atoms with van der Waals surface area (Å²) >= 11 is 0. The third-order valence-corrected chi connectivity index (χ3v) is 10.8. The Bertz CT molecular complexity index is 2890. The number of aryl methyl sites for hydroxylation is 4. The molecule has 4 aromatic carbocycles. The minimum Gasteiger partial charge on any atom is -0.398 e. The Morgan fingerprint density at radius 2 is 0.655 bits per heavy atom. The molecule has 2 aliphatic rings. The van der Waals surface area contributed by atoms with Crippen molar-refractivity contribution in [3.63, 3.8) is 0 Å². The first kappa shape index (κ1) is 33.7. The minimum atomic E-state index is 0.716. The second kappa shape index (κ2) is 13.1. The van der Waals surface area contributed by atoms with Crippen LogP contribution in [0.4, 0.5) is 17.1 Å². The van der Waals surface area contributed by atoms with Crippen molar-refractivity contribution in [3.8, 4) is 44.5 Å². The number of nitrogens with one attached hydrogen (secondary N) is 2. The molecule has 0 atom stereocenters. The molecule has 5 heterocycles. The summed E-state index contributed by atoms with van der Waals surface area (Å²) in [6.07, 6.45) is 8.37. The van der Waals surface area contributed by atoms with Gasteiger partial charge in [0.1, 0.15) is 0 Å². The van der Waals surface area contributed by atoms with Crippen LogP contribution in [0.15, 0.2) is 103 Å². The summed E-state index contributed by atoms with van der Waals surface area (Å²) in [5, 5.41) is 0. The first-order chi connectivity index (χ1) is 26.6. The van der Waals surface area contributed by atoms with Crippen LogP contribution in [0.2, 0.25) is 0 Å². The maximum atomic E-state index is 6.54. The van der Waals surface area contributed by atoms with E-state index in [1.807, 2.05) is 39.0 Å². The zero-order valence-electron chi connectivity index (χ0n) is 31.3. The SMILES string of the molecule is Cc1ccc(-c2c3nc(c(-c4ccc(C)c(N)c4)c4ccc([nH]4)c(-c4ccc(C)c(N)c4)c4nc(c(-c5ccc(C)c(N)c5)c5ccc2[nH]5)C=C4)C=C3)cc1. The predicted octanol–water partition coefficient (Wildman–Crippen LogP) is 11.3. The Labute approximate surface area is 320 Å². The summed E-state index contributed by atoms with van der Waals surface area (Å²) in [5.74, 6) is 0. The third-order valence-electron chi connectivity index (χ3n) is 10.8. The zero-order valence-corrected chi connectivity index (χ0v) is 31.3. The standard InChI is InChI=1S/C48H41N7/c1-26-5-10-30(11-6-26)45-37-15-17-39(52-37)46(31-12-7-27(2)34(49)23-31)41-19-21-43(54-41)48(33-14-9-29(4)36(51)25-33)44-22-20-42(55-44)47(40-18-16-38(45)53-40)32-13-8-28(3)35(50)24-32/h5-25,52,55H,49-51H2,1-4H3. The van der Waals surface area contributed by atoms with Gasteiger partial charge in [-0.3, -0.25) is 0 Å². The quantitative estimate of drug-likeness (QED) is 0.116. The number of fused-ring (bicyclic) bond motifs is 8. The first-order valence-corrected chi connectivity index (χ1v) is 18.4. The third kappa shape index (κ3) is 5.96. The Morgan fingerprint density at radius 3 is 0.964 bits per heavy atom. The molecule has 0 unspecified atom stereocenters. The highest BCUT2D eigenvalue weighted by Crippen LogP contribution is 2.39. The van der Waals surface area contributed by atoms with Gasteiger partial charge in [0, 0.05) is 61.4 Å². The summed E-state index contributed by atoms with van der Waals surface area (Å²) in [6.45, 7) is 8.16. The van der Waals surface area contributed by atoms with Crippen molar-refractivity contribution in [1.29, 1.82) is 0 Å². The van der Waals surface area contributed by atoms with Gasteiger partial charge in [0.15, 0.2) is 0 Å². The molecular formula is C48H41N7. The van der Waals surface area contributed by atoms with Gasteiger partial charge in [-0.25, -0.2) is 9.97 Å². The number of H-pyrrole nitrogens is 2. The van der Waals surface area contributed by atoms with E-state index < -0.39 is 0 Å². The molecule has 8 bridgehead atoms. The maximum Gasteiger partial charge on any atom is 0.0737 e. The summed E-state index contributed by atoms with van der Waals surface area (Å²) in [5.41, 5.74) is 40.7. The predicted molar refractivity (Wildman–Crippen MR) is 233 cm³/mol. The zero-order chi connectivity index (χ0) is 38.0. The van der Waals surface area contributed by atoms with Gasteiger partial charge in [0.2, 0.25) is 0 Å². The van der Waals surface area contributed by atoms with E-state index in [0.717, 1.165) is 117 Å². The highest BCUT2D eigenvalue weighted by molar-refractivity contribution is 6.00. The molecule has 7 aromatic rings. The Balaban J connectivity index is 1.48. The summed E-state index contributed by atoms with van der Waals surface area (Å²) in [6, 6.07) is 35.7. The van der Waals surface area contributed by atoms with Gasteiger partial charge >= 0.3 is 0 Å². The Hall–Kier alpha value is -7.12. The molecule has 0 fully saturated rings. The average Bonchev–Trinajstić information content (AvgIpc) is 4.01. The average molecular weight is 716 g/mol. The van der Waals surface area contributed by atoms with Crippen LogP contribution in [0.1, 0.15) is 45.0 Å². The fraction of sp³-hybridized carbons (Fsp3) is 0.0833. The lowest BCUT2D eigenvalue weighted by atomic mass is 10.0. The number of rotatable bonds is 4. The number of hydrogen-bond acceptors (Lipinski definition) is 5. The highest BCUT2D eigenvalue weighted by atomic mass is 14.8. The van der Waals surface area contributed by atoms with Crippen molar-refractivity contribution in [1.82, 2.24) is 19.9 Å². The smallest absolute Gasteiger partial charge is 0.0737 e. The number of aromatic nitrogens is 4. The van der Waals surface area contributed by atoms with Gasteiger partial charge in [-0.1, -0.05) is 66.2 Å². The molecule has 0 aliphatic carbocycles. The first-order valence-electron chi connectivity index (χ1n) is 18.4. The van der Waals surface area contributed by atoms with E-state index in [0.29, 0.717) is 5.69 Å². The maximum absolute atomic E-state index is 6.54. The molecule has 55 heavy (non-hydrogen) atoms. The molecule has 0 spiro atoms. The molecule has 0 radical (unpaired) electrons. The van der Waals surface area contributed by atoms with Gasteiger partial charge < -0.3 is 27.2 Å². The molecule has 7 heteroatoms. The van der Waals surface area contributed by atoms with Crippen molar-refractivity contribution in [2.24, 2.45) is 0 Å². The van der Waals surface area contributed by atoms with Crippen LogP contribution in [-0.2, 0) is 0 Å². The number of hydrogen-bond donors (Lipinski definition) is 5. The normalized spacial score (nSPS) is 12.1. The molecule has 0 amide bonds. The van der Waals surface area contributed by atoms with E-state index in [1.54, 1.807) is 0 Å². The van der Waals surface area contributed by atoms with Crippen LogP contribution in [0, 0.1) is 27.7 Å². The van der Waals surface area contributed by atoms with E-state index in [1.165, 1.54) is 5.56 Å². The van der Waals surface area contributed by atoms with Crippen LogP contribution in [0.25, 0.3) is 90.9 Å². The van der Waals surface area contributed by atoms with Crippen molar-refractivity contribution >= 4 is 63.4 Å². The van der Waals surface area contributed by atoms with Gasteiger partial charge in [-0.2, -0.15) is 0 Å². The Kier molecular flexibility index (Phi) is 8.01. The Morgan fingerprint density at radius 1 is 0.364 bits per heavy atom. The summed E-state index contributed by atoms with van der Waals surface area (Å²) in [7, 11) is 0. The van der Waals surface area contributed by atoms with Gasteiger partial charge in [0.05, 0.1) is 22.8 Å². The number of benzene rings is 4. The molecule has 0 saturated heterocycles. The van der Waals surface area contributed by atoms with Crippen molar-refractivity contribution in [2.75, 3.05) is 17.2 Å². The molecular weight excluding hydrogens is 675 g/mol. The fourth-order valence-corrected chi connectivity index (χ4v) is 7.53. The van der Waals surface area contributed by atoms with E-state index in [4.69, 9.17) is 27.2 Å². The highest BCUT2D eigenvalue weighted by Gasteiger charge is 2.19. The topological polar surface area (TPSA) is 135 Å². The van der Waals surface area contributed by atoms with Gasteiger partial charge in [0.25, 0.3) is 0 Å². The van der Waals surface area contributed by atoms with Crippen molar-refractivity contribution in [3.05, 3.63) is 148 Å². The fourth-order valence-electron chi connectivity index (χ4n) is 7.53. The largest absolute Gasteiger partial charge is 0.398 e. The van der Waals surface area contributed by atoms with Crippen LogP contribution in [0.3, 0.4) is 0 Å². The number of anilines is 3. The molecule has 268 valence electrons. The van der Waals surface area contributed by atoms with E-state index in [2.05, 4.69) is 126 Å². The molecule has 3 aromatic heterocycles. The van der Waals surface area contributed by atoms with E-state index in [9.17, 15) is 0 Å². The second-order valence-corrected chi connectivity index (χ2v) is 14.6. The molecule has 0 saturated carbocycles. The van der Waals surface area contributed by atoms with Gasteiger partial charge in [-0.15, -0.1) is 0 Å². The molecule has 9 rings (SSSR count). The lowest BCUT2D eigenvalue weighted by molar-refractivity contribution is 1.31. The second-order valence-electron chi connectivity index (χ2n) is 14.6. The number of nitrogens with zero attached hydrogens (tertiary/aromatic N) is 2. The molecule has 7 nitrogen and oxygen atoms in total. The number of nitrogens with two attached hydrogens (primary N) is 3. The van der Waals surface area contributed by atoms with Crippen LogP contribution >= 0.6 is 0 Å². The van der Waals surface area contributed by atoms with Crippen LogP contribution in [0.5, 0.6) is 0 Å². The monoisotopic (exact) mass is 715 g/mol. The minimum absolute atomic E-state index is 0.716. The number of nitrogen functional groups attached to an aromatic ring is 3.